The fourth-order valence-electron chi connectivity index (χ4n) is 6.88. The van der Waals surface area contributed by atoms with Crippen molar-refractivity contribution in [3.8, 4) is 5.75 Å². The number of sulfonamides is 1. The van der Waals surface area contributed by atoms with Crippen molar-refractivity contribution in [1.29, 1.82) is 0 Å². The van der Waals surface area contributed by atoms with Gasteiger partial charge in [-0.2, -0.15) is 0 Å². The number of carbonyl (C=O) groups is 1. The summed E-state index contributed by atoms with van der Waals surface area (Å²) < 4.78 is 34.3. The van der Waals surface area contributed by atoms with Crippen LogP contribution in [0.3, 0.4) is 0 Å². The maximum Gasteiger partial charge on any atom is 0.240 e. The molecule has 1 fully saturated rings. The molecule has 43 heavy (non-hydrogen) atoms. The van der Waals surface area contributed by atoms with Crippen LogP contribution in [0.4, 0.5) is 0 Å². The van der Waals surface area contributed by atoms with E-state index in [-0.39, 0.29) is 34.6 Å². The maximum atomic E-state index is 13.6. The minimum Gasteiger partial charge on any atom is -0.497 e. The Morgan fingerprint density at radius 3 is 2.35 bits per heavy atom. The van der Waals surface area contributed by atoms with E-state index in [9.17, 15) is 13.2 Å². The van der Waals surface area contributed by atoms with Crippen molar-refractivity contribution in [3.63, 3.8) is 0 Å². The Hall–Kier alpha value is -3.68. The molecule has 6 nitrogen and oxygen atoms in total. The van der Waals surface area contributed by atoms with Crippen molar-refractivity contribution in [2.45, 2.75) is 61.8 Å². The van der Waals surface area contributed by atoms with E-state index in [0.29, 0.717) is 6.54 Å². The highest BCUT2D eigenvalue weighted by atomic mass is 32.2. The summed E-state index contributed by atoms with van der Waals surface area (Å²) in [5.41, 5.74) is 3.86. The molecule has 0 saturated heterocycles. The zero-order valence-corrected chi connectivity index (χ0v) is 25.5. The lowest BCUT2D eigenvalue weighted by atomic mass is 9.75. The van der Waals surface area contributed by atoms with Gasteiger partial charge in [-0.05, 0) is 103 Å². The van der Waals surface area contributed by atoms with Crippen LogP contribution in [-0.4, -0.2) is 34.0 Å². The van der Waals surface area contributed by atoms with Crippen LogP contribution >= 0.6 is 0 Å². The third-order valence-electron chi connectivity index (χ3n) is 9.40. The summed E-state index contributed by atoms with van der Waals surface area (Å²) in [4.78, 5) is 13.8. The highest BCUT2D eigenvalue weighted by Gasteiger charge is 2.34. The minimum atomic E-state index is -3.60. The molecule has 0 radical (unpaired) electrons. The Bertz CT molecular complexity index is 1680. The smallest absolute Gasteiger partial charge is 0.240 e. The molecule has 0 heterocycles. The molecule has 4 aromatic carbocycles. The van der Waals surface area contributed by atoms with E-state index < -0.39 is 10.0 Å². The van der Waals surface area contributed by atoms with Crippen LogP contribution in [0.25, 0.3) is 10.8 Å². The van der Waals surface area contributed by atoms with Crippen molar-refractivity contribution < 1.29 is 17.9 Å². The second-order valence-electron chi connectivity index (χ2n) is 12.1. The highest BCUT2D eigenvalue weighted by Crippen LogP contribution is 2.37. The first-order valence-electron chi connectivity index (χ1n) is 15.4. The van der Waals surface area contributed by atoms with Gasteiger partial charge in [0.25, 0.3) is 0 Å². The summed E-state index contributed by atoms with van der Waals surface area (Å²) in [6.45, 7) is 0.394. The number of fused-ring (bicyclic) bond motifs is 2. The summed E-state index contributed by atoms with van der Waals surface area (Å²) in [5, 5.41) is 5.38. The number of rotatable bonds is 9. The van der Waals surface area contributed by atoms with Gasteiger partial charge >= 0.3 is 0 Å². The number of hydrogen-bond acceptors (Lipinski definition) is 4. The predicted octanol–water partition coefficient (Wildman–Crippen LogP) is 6.39. The van der Waals surface area contributed by atoms with Crippen LogP contribution in [-0.2, 0) is 27.7 Å². The second kappa shape index (κ2) is 12.9. The van der Waals surface area contributed by atoms with Crippen LogP contribution in [0.15, 0.2) is 95.9 Å². The van der Waals surface area contributed by atoms with Gasteiger partial charge in [-0.15, -0.1) is 0 Å². The van der Waals surface area contributed by atoms with Gasteiger partial charge in [0, 0.05) is 24.4 Å². The van der Waals surface area contributed by atoms with E-state index >= 15 is 0 Å². The molecule has 0 aliphatic heterocycles. The lowest BCUT2D eigenvalue weighted by molar-refractivity contribution is -0.127. The van der Waals surface area contributed by atoms with Crippen LogP contribution in [0.1, 0.15) is 54.7 Å². The highest BCUT2D eigenvalue weighted by molar-refractivity contribution is 7.89. The Labute approximate surface area is 254 Å². The van der Waals surface area contributed by atoms with Crippen LogP contribution in [0, 0.1) is 11.8 Å². The fraction of sp³-hybridized carbons (Fsp3) is 0.361. The fourth-order valence-corrected chi connectivity index (χ4v) is 8.04. The van der Waals surface area contributed by atoms with Gasteiger partial charge in [-0.1, -0.05) is 66.7 Å². The number of benzene rings is 4. The van der Waals surface area contributed by atoms with Crippen molar-refractivity contribution in [3.05, 3.63) is 108 Å². The van der Waals surface area contributed by atoms with E-state index in [4.69, 9.17) is 4.74 Å². The van der Waals surface area contributed by atoms with E-state index in [1.807, 2.05) is 42.5 Å². The van der Waals surface area contributed by atoms with Crippen LogP contribution in [0.2, 0.25) is 0 Å². The minimum absolute atomic E-state index is 0.0389. The molecule has 0 aromatic heterocycles. The number of aryl methyl sites for hydroxylation is 1. The molecule has 2 aliphatic carbocycles. The molecular weight excluding hydrogens is 556 g/mol. The zero-order chi connectivity index (χ0) is 29.8. The van der Waals surface area contributed by atoms with Gasteiger partial charge in [0.1, 0.15) is 5.75 Å². The monoisotopic (exact) mass is 596 g/mol. The van der Waals surface area contributed by atoms with E-state index in [1.165, 1.54) is 16.7 Å². The summed E-state index contributed by atoms with van der Waals surface area (Å²) in [7, 11) is -1.90. The summed E-state index contributed by atoms with van der Waals surface area (Å²) in [6.07, 6.45) is 5.89. The van der Waals surface area contributed by atoms with Gasteiger partial charge in [0.2, 0.25) is 15.9 Å². The average molecular weight is 597 g/mol. The number of ether oxygens (including phenoxy) is 1. The molecular formula is C36H40N2O4S. The van der Waals surface area contributed by atoms with Crippen molar-refractivity contribution in [2.24, 2.45) is 11.8 Å². The largest absolute Gasteiger partial charge is 0.497 e. The normalized spacial score (nSPS) is 22.1. The zero-order valence-electron chi connectivity index (χ0n) is 24.7. The summed E-state index contributed by atoms with van der Waals surface area (Å²) >= 11 is 0. The molecule has 0 spiro atoms. The number of nitrogens with one attached hydrogen (secondary N) is 2. The SMILES string of the molecule is COc1ccc2c(c1)CC[C@@H](NC(=O)[C@H]1CC[C@@H](CNS(=O)(=O)c3ccc4ccccc4c3)CC1)C2Cc1ccccc1. The lowest BCUT2D eigenvalue weighted by Crippen LogP contribution is -2.46. The van der Waals surface area contributed by atoms with Gasteiger partial charge in [-0.3, -0.25) is 4.79 Å². The molecule has 0 bridgehead atoms. The van der Waals surface area contributed by atoms with Crippen LogP contribution in [0.5, 0.6) is 5.75 Å². The topological polar surface area (TPSA) is 84.5 Å². The maximum absolute atomic E-state index is 13.6. The lowest BCUT2D eigenvalue weighted by Gasteiger charge is -2.36. The molecule has 1 unspecified atom stereocenters. The first-order chi connectivity index (χ1) is 20.9. The molecule has 1 saturated carbocycles. The molecule has 224 valence electrons. The molecule has 7 heteroatoms. The van der Waals surface area contributed by atoms with Crippen molar-refractivity contribution in [1.82, 2.24) is 10.0 Å². The van der Waals surface area contributed by atoms with Crippen molar-refractivity contribution >= 4 is 26.7 Å². The van der Waals surface area contributed by atoms with Gasteiger partial charge in [0.05, 0.1) is 12.0 Å². The Morgan fingerprint density at radius 2 is 1.58 bits per heavy atom. The molecule has 6 rings (SSSR count). The Balaban J connectivity index is 1.06. The molecule has 4 aromatic rings. The number of methoxy groups -OCH3 is 1. The first-order valence-corrected chi connectivity index (χ1v) is 16.9. The quantitative estimate of drug-likeness (QED) is 0.235. The molecule has 2 atom stereocenters. The third-order valence-corrected chi connectivity index (χ3v) is 10.8. The molecule has 2 N–H and O–H groups in total. The average Bonchev–Trinajstić information content (AvgIpc) is 3.05. The summed E-state index contributed by atoms with van der Waals surface area (Å²) in [6, 6.07) is 29.9. The molecule has 1 amide bonds. The van der Waals surface area contributed by atoms with Gasteiger partial charge in [-0.25, -0.2) is 13.1 Å². The van der Waals surface area contributed by atoms with Gasteiger partial charge in [0.15, 0.2) is 0 Å². The standard InChI is InChI=1S/C36H40N2O4S/c1-42-31-17-19-33-30(22-31)16-20-35(34(33)21-25-7-3-2-4-8-25)38-36(39)28-13-11-26(12-14-28)24-37-43(40,41)32-18-15-27-9-5-6-10-29(27)23-32/h2-10,15,17-19,22-23,26,28,34-35,37H,11-14,16,20-21,24H2,1H3,(H,38,39)/t26-,28+,34?,35-/m1/s1. The first kappa shape index (κ1) is 29.4. The van der Waals surface area contributed by atoms with E-state index in [1.54, 1.807) is 19.2 Å². The van der Waals surface area contributed by atoms with Crippen LogP contribution < -0.4 is 14.8 Å². The van der Waals surface area contributed by atoms with Gasteiger partial charge < -0.3 is 10.1 Å². The number of hydrogen-bond donors (Lipinski definition) is 2. The Morgan fingerprint density at radius 1 is 0.837 bits per heavy atom. The summed E-state index contributed by atoms with van der Waals surface area (Å²) in [5.74, 6) is 1.39. The predicted molar refractivity (Wildman–Crippen MR) is 171 cm³/mol. The second-order valence-corrected chi connectivity index (χ2v) is 13.9. The van der Waals surface area contributed by atoms with E-state index in [2.05, 4.69) is 46.4 Å². The third kappa shape index (κ3) is 6.78. The Kier molecular flexibility index (Phi) is 8.82. The van der Waals surface area contributed by atoms with E-state index in [0.717, 1.165) is 61.5 Å². The number of carbonyl (C=O) groups excluding carboxylic acids is 1. The van der Waals surface area contributed by atoms with Crippen molar-refractivity contribution in [2.75, 3.05) is 13.7 Å². The number of amides is 1. The molecule has 2 aliphatic rings.